The second-order valence-electron chi connectivity index (χ2n) is 5.40. The third kappa shape index (κ3) is 5.34. The highest BCUT2D eigenvalue weighted by atomic mass is 15.3. The molecule has 0 aromatic carbocycles. The smallest absolute Gasteiger partial charge is 0.0543 e. The van der Waals surface area contributed by atoms with Gasteiger partial charge >= 0.3 is 0 Å². The Morgan fingerprint density at radius 1 is 1.25 bits per heavy atom. The van der Waals surface area contributed by atoms with E-state index >= 15 is 0 Å². The van der Waals surface area contributed by atoms with Crippen molar-refractivity contribution in [1.82, 2.24) is 9.78 Å². The van der Waals surface area contributed by atoms with Crippen molar-refractivity contribution in [3.05, 3.63) is 18.0 Å². The van der Waals surface area contributed by atoms with Gasteiger partial charge in [-0.25, -0.2) is 0 Å². The van der Waals surface area contributed by atoms with Crippen LogP contribution in [0.2, 0.25) is 0 Å². The first-order chi connectivity index (χ1) is 7.39. The summed E-state index contributed by atoms with van der Waals surface area (Å²) in [7, 11) is 0. The molecule has 0 spiro atoms. The van der Waals surface area contributed by atoms with Crippen LogP contribution in [0.1, 0.15) is 60.5 Å². The van der Waals surface area contributed by atoms with Crippen LogP contribution in [0.5, 0.6) is 0 Å². The van der Waals surface area contributed by atoms with Crippen molar-refractivity contribution in [3.8, 4) is 0 Å². The highest BCUT2D eigenvalue weighted by Crippen LogP contribution is 2.15. The van der Waals surface area contributed by atoms with Gasteiger partial charge in [0, 0.05) is 6.20 Å². The zero-order valence-electron chi connectivity index (χ0n) is 12.0. The van der Waals surface area contributed by atoms with Crippen molar-refractivity contribution in [2.75, 3.05) is 0 Å². The summed E-state index contributed by atoms with van der Waals surface area (Å²) in [5.41, 5.74) is 1.46. The number of nitrogens with zero attached hydrogens (tertiary/aromatic N) is 2. The van der Waals surface area contributed by atoms with Crippen LogP contribution < -0.4 is 0 Å². The van der Waals surface area contributed by atoms with Crippen LogP contribution >= 0.6 is 0 Å². The Morgan fingerprint density at radius 3 is 2.19 bits per heavy atom. The van der Waals surface area contributed by atoms with E-state index in [-0.39, 0.29) is 5.54 Å². The van der Waals surface area contributed by atoms with Gasteiger partial charge in [-0.1, -0.05) is 27.7 Å². The molecule has 1 heterocycles. The second kappa shape index (κ2) is 6.72. The Hall–Kier alpha value is -0.790. The van der Waals surface area contributed by atoms with E-state index in [0.717, 1.165) is 12.3 Å². The van der Waals surface area contributed by atoms with Gasteiger partial charge in [-0.3, -0.25) is 4.68 Å². The average Bonchev–Trinajstić information content (AvgIpc) is 2.65. The van der Waals surface area contributed by atoms with Crippen molar-refractivity contribution >= 4 is 0 Å². The van der Waals surface area contributed by atoms with Crippen LogP contribution in [-0.2, 0) is 12.0 Å². The first kappa shape index (κ1) is 15.2. The SMILES string of the molecule is CC.CC(C)CCc1cnn(C(C)(C)C)c1. The maximum absolute atomic E-state index is 4.38. The molecule has 0 aliphatic heterocycles. The Morgan fingerprint density at radius 2 is 1.81 bits per heavy atom. The van der Waals surface area contributed by atoms with Crippen molar-refractivity contribution in [2.24, 2.45) is 5.92 Å². The van der Waals surface area contributed by atoms with E-state index in [1.807, 2.05) is 24.7 Å². The fourth-order valence-corrected chi connectivity index (χ4v) is 1.31. The van der Waals surface area contributed by atoms with Crippen LogP contribution in [0.4, 0.5) is 0 Å². The predicted molar refractivity (Wildman–Crippen MR) is 71.7 cm³/mol. The third-order valence-electron chi connectivity index (χ3n) is 2.33. The minimum absolute atomic E-state index is 0.107. The van der Waals surface area contributed by atoms with E-state index in [2.05, 4.69) is 45.9 Å². The van der Waals surface area contributed by atoms with E-state index in [1.165, 1.54) is 12.0 Å². The summed E-state index contributed by atoms with van der Waals surface area (Å²) in [6.45, 7) is 15.0. The first-order valence-electron chi connectivity index (χ1n) is 6.43. The molecule has 0 fully saturated rings. The van der Waals surface area contributed by atoms with E-state index < -0.39 is 0 Å². The van der Waals surface area contributed by atoms with Gasteiger partial charge in [-0.05, 0) is 45.1 Å². The van der Waals surface area contributed by atoms with Gasteiger partial charge in [-0.15, -0.1) is 0 Å². The molecule has 1 rings (SSSR count). The molecule has 0 radical (unpaired) electrons. The van der Waals surface area contributed by atoms with E-state index in [4.69, 9.17) is 0 Å². The average molecular weight is 224 g/mol. The lowest BCUT2D eigenvalue weighted by Crippen LogP contribution is -2.21. The fraction of sp³-hybridized carbons (Fsp3) is 0.786. The number of aromatic nitrogens is 2. The molecule has 0 N–H and O–H groups in total. The number of rotatable bonds is 3. The molecule has 0 bridgehead atoms. The van der Waals surface area contributed by atoms with Gasteiger partial charge in [0.1, 0.15) is 0 Å². The Bertz CT molecular complexity index is 279. The largest absolute Gasteiger partial charge is 0.267 e. The van der Waals surface area contributed by atoms with Crippen LogP contribution in [0, 0.1) is 5.92 Å². The van der Waals surface area contributed by atoms with Crippen LogP contribution in [0.3, 0.4) is 0 Å². The topological polar surface area (TPSA) is 17.8 Å². The van der Waals surface area contributed by atoms with Crippen LogP contribution in [-0.4, -0.2) is 9.78 Å². The van der Waals surface area contributed by atoms with Crippen molar-refractivity contribution in [3.63, 3.8) is 0 Å². The lowest BCUT2D eigenvalue weighted by Gasteiger charge is -2.18. The van der Waals surface area contributed by atoms with E-state index in [1.54, 1.807) is 0 Å². The lowest BCUT2D eigenvalue weighted by atomic mass is 10.1. The Kier molecular flexibility index (Phi) is 6.39. The lowest BCUT2D eigenvalue weighted by molar-refractivity contribution is 0.355. The molecular formula is C14H28N2. The zero-order valence-corrected chi connectivity index (χ0v) is 12.0. The van der Waals surface area contributed by atoms with Gasteiger partial charge in [-0.2, -0.15) is 5.10 Å². The summed E-state index contributed by atoms with van der Waals surface area (Å²) in [4.78, 5) is 0. The molecule has 0 aliphatic rings. The molecule has 0 amide bonds. The number of hydrogen-bond donors (Lipinski definition) is 0. The zero-order chi connectivity index (χ0) is 12.8. The minimum Gasteiger partial charge on any atom is -0.267 e. The fourth-order valence-electron chi connectivity index (χ4n) is 1.31. The van der Waals surface area contributed by atoms with Gasteiger partial charge in [0.25, 0.3) is 0 Å². The predicted octanol–water partition coefficient (Wildman–Crippen LogP) is 4.25. The highest BCUT2D eigenvalue weighted by Gasteiger charge is 2.13. The minimum atomic E-state index is 0.107. The molecule has 0 unspecified atom stereocenters. The highest BCUT2D eigenvalue weighted by molar-refractivity contribution is 5.05. The molecule has 16 heavy (non-hydrogen) atoms. The summed E-state index contributed by atoms with van der Waals surface area (Å²) in [6.07, 6.45) is 6.56. The Balaban J connectivity index is 0.00000106. The summed E-state index contributed by atoms with van der Waals surface area (Å²) in [5.74, 6) is 0.771. The monoisotopic (exact) mass is 224 g/mol. The van der Waals surface area contributed by atoms with Crippen molar-refractivity contribution in [2.45, 2.75) is 66.8 Å². The molecular weight excluding hydrogens is 196 g/mol. The van der Waals surface area contributed by atoms with Crippen molar-refractivity contribution < 1.29 is 0 Å². The van der Waals surface area contributed by atoms with Gasteiger partial charge in [0.05, 0.1) is 11.7 Å². The summed E-state index contributed by atoms with van der Waals surface area (Å²) in [6, 6.07) is 0. The second-order valence-corrected chi connectivity index (χ2v) is 5.40. The molecule has 0 saturated carbocycles. The molecule has 0 atom stereocenters. The summed E-state index contributed by atoms with van der Waals surface area (Å²) >= 11 is 0. The van der Waals surface area contributed by atoms with Crippen LogP contribution in [0.25, 0.3) is 0 Å². The molecule has 2 heteroatoms. The third-order valence-corrected chi connectivity index (χ3v) is 2.33. The standard InChI is InChI=1S/C12H22N2.C2H6/c1-10(2)6-7-11-8-13-14(9-11)12(3,4)5;1-2/h8-10H,6-7H2,1-5H3;1-2H3. The molecule has 1 aromatic heterocycles. The molecule has 2 nitrogen and oxygen atoms in total. The summed E-state index contributed by atoms with van der Waals surface area (Å²) in [5, 5.41) is 4.38. The van der Waals surface area contributed by atoms with E-state index in [0.29, 0.717) is 0 Å². The first-order valence-corrected chi connectivity index (χ1v) is 6.43. The molecule has 94 valence electrons. The molecule has 0 saturated heterocycles. The molecule has 0 aliphatic carbocycles. The van der Waals surface area contributed by atoms with Gasteiger partial charge in [0.15, 0.2) is 0 Å². The van der Waals surface area contributed by atoms with Crippen molar-refractivity contribution in [1.29, 1.82) is 0 Å². The quantitative estimate of drug-likeness (QED) is 0.750. The van der Waals surface area contributed by atoms with Gasteiger partial charge in [0.2, 0.25) is 0 Å². The van der Waals surface area contributed by atoms with Gasteiger partial charge < -0.3 is 0 Å². The number of hydrogen-bond acceptors (Lipinski definition) is 1. The maximum atomic E-state index is 4.38. The normalized spacial score (nSPS) is 11.2. The summed E-state index contributed by atoms with van der Waals surface area (Å²) < 4.78 is 2.04. The Labute approximate surface area is 101 Å². The van der Waals surface area contributed by atoms with E-state index in [9.17, 15) is 0 Å². The van der Waals surface area contributed by atoms with Crippen LogP contribution in [0.15, 0.2) is 12.4 Å². The molecule has 1 aromatic rings. The maximum Gasteiger partial charge on any atom is 0.0543 e. The number of aryl methyl sites for hydroxylation is 1.